The second-order valence-corrected chi connectivity index (χ2v) is 8.94. The van der Waals surface area contributed by atoms with Gasteiger partial charge in [0, 0.05) is 44.5 Å². The van der Waals surface area contributed by atoms with Gasteiger partial charge in [-0.25, -0.2) is 13.1 Å². The van der Waals surface area contributed by atoms with Crippen LogP contribution in [0.15, 0.2) is 36.5 Å². The van der Waals surface area contributed by atoms with E-state index in [-0.39, 0.29) is 0 Å². The maximum absolute atomic E-state index is 12.7. The molecule has 1 N–H and O–H groups in total. The Labute approximate surface area is 166 Å². The summed E-state index contributed by atoms with van der Waals surface area (Å²) in [5, 5.41) is 6.78. The van der Waals surface area contributed by atoms with E-state index in [1.807, 2.05) is 32.0 Å². The topological polar surface area (TPSA) is 87.5 Å². The fourth-order valence-corrected chi connectivity index (χ4v) is 4.62. The molecular weight excluding hydrogens is 378 g/mol. The van der Waals surface area contributed by atoms with Crippen molar-refractivity contribution in [2.45, 2.75) is 26.8 Å². The summed E-state index contributed by atoms with van der Waals surface area (Å²) < 4.78 is 28.4. The molecule has 1 fully saturated rings. The number of amides is 1. The van der Waals surface area contributed by atoms with Gasteiger partial charge in [-0.3, -0.25) is 4.79 Å². The van der Waals surface area contributed by atoms with Gasteiger partial charge >= 0.3 is 0 Å². The Bertz CT molecular complexity index is 917. The average molecular weight is 406 g/mol. The summed E-state index contributed by atoms with van der Waals surface area (Å²) in [5.41, 5.74) is 2.27. The molecule has 1 aliphatic rings. The summed E-state index contributed by atoms with van der Waals surface area (Å²) in [6.45, 7) is 6.66. The van der Waals surface area contributed by atoms with Crippen LogP contribution in [0.4, 0.5) is 11.5 Å². The molecule has 28 heavy (non-hydrogen) atoms. The van der Waals surface area contributed by atoms with Crippen molar-refractivity contribution in [3.8, 4) is 0 Å². The Hall–Kier alpha value is -2.39. The van der Waals surface area contributed by atoms with Gasteiger partial charge in [0.15, 0.2) is 0 Å². The van der Waals surface area contributed by atoms with Gasteiger partial charge in [-0.05, 0) is 31.0 Å². The molecule has 0 aliphatic carbocycles. The van der Waals surface area contributed by atoms with Crippen molar-refractivity contribution < 1.29 is 13.2 Å². The molecule has 9 heteroatoms. The number of benzene rings is 1. The second-order valence-electron chi connectivity index (χ2n) is 6.97. The third kappa shape index (κ3) is 4.90. The fraction of sp³-hybridized carbons (Fsp3) is 0.474. The van der Waals surface area contributed by atoms with E-state index < -0.39 is 21.7 Å². The van der Waals surface area contributed by atoms with Crippen molar-refractivity contribution in [2.24, 2.45) is 0 Å². The van der Waals surface area contributed by atoms with Crippen molar-refractivity contribution in [3.05, 3.63) is 42.1 Å². The lowest BCUT2D eigenvalue weighted by Crippen LogP contribution is -2.50. The maximum Gasteiger partial charge on any atom is 0.242 e. The molecular formula is C19H27N5O3S. The minimum atomic E-state index is -3.66. The molecule has 0 saturated carbocycles. The zero-order chi connectivity index (χ0) is 20.1. The third-order valence-corrected chi connectivity index (χ3v) is 6.51. The number of piperazine rings is 1. The standard InChI is InChI=1S/C19H27N5O3S/c1-3-9-24-18(7-8-20-24)21-19(25)15-28(26,27)23-12-10-22(11-13-23)17-6-4-5-16(2)14-17/h4-8,14H,3,9-13,15H2,1-2H3,(H,21,25). The molecule has 0 unspecified atom stereocenters. The Morgan fingerprint density at radius 3 is 2.61 bits per heavy atom. The van der Waals surface area contributed by atoms with Gasteiger partial charge in [-0.2, -0.15) is 9.40 Å². The first kappa shape index (κ1) is 20.3. The molecule has 1 aliphatic heterocycles. The van der Waals surface area contributed by atoms with Crippen LogP contribution in [-0.2, 0) is 21.4 Å². The molecule has 0 atom stereocenters. The van der Waals surface area contributed by atoms with E-state index in [4.69, 9.17) is 0 Å². The van der Waals surface area contributed by atoms with Crippen LogP contribution < -0.4 is 10.2 Å². The number of aromatic nitrogens is 2. The average Bonchev–Trinajstić information content (AvgIpc) is 3.08. The third-order valence-electron chi connectivity index (χ3n) is 4.73. The van der Waals surface area contributed by atoms with Crippen LogP contribution in [0.5, 0.6) is 0 Å². The van der Waals surface area contributed by atoms with E-state index in [1.165, 1.54) is 9.87 Å². The lowest BCUT2D eigenvalue weighted by molar-refractivity contribution is -0.114. The second kappa shape index (κ2) is 8.74. The van der Waals surface area contributed by atoms with E-state index >= 15 is 0 Å². The highest BCUT2D eigenvalue weighted by atomic mass is 32.2. The quantitative estimate of drug-likeness (QED) is 0.757. The smallest absolute Gasteiger partial charge is 0.242 e. The highest BCUT2D eigenvalue weighted by molar-refractivity contribution is 7.89. The van der Waals surface area contributed by atoms with E-state index in [1.54, 1.807) is 16.9 Å². The normalized spacial score (nSPS) is 15.6. The number of carbonyl (C=O) groups is 1. The SMILES string of the molecule is CCCn1nccc1NC(=O)CS(=O)(=O)N1CCN(c2cccc(C)c2)CC1. The number of sulfonamides is 1. The van der Waals surface area contributed by atoms with Crippen molar-refractivity contribution >= 4 is 27.4 Å². The van der Waals surface area contributed by atoms with Gasteiger partial charge in [0.25, 0.3) is 0 Å². The van der Waals surface area contributed by atoms with Gasteiger partial charge in [0.2, 0.25) is 15.9 Å². The van der Waals surface area contributed by atoms with Gasteiger partial charge in [-0.15, -0.1) is 0 Å². The van der Waals surface area contributed by atoms with E-state index in [2.05, 4.69) is 21.4 Å². The Morgan fingerprint density at radius 2 is 1.93 bits per heavy atom. The van der Waals surface area contributed by atoms with Crippen LogP contribution >= 0.6 is 0 Å². The van der Waals surface area contributed by atoms with E-state index in [0.29, 0.717) is 38.5 Å². The van der Waals surface area contributed by atoms with Crippen molar-refractivity contribution in [1.82, 2.24) is 14.1 Å². The van der Waals surface area contributed by atoms with E-state index in [9.17, 15) is 13.2 Å². The van der Waals surface area contributed by atoms with Crippen molar-refractivity contribution in [1.29, 1.82) is 0 Å². The number of nitrogens with one attached hydrogen (secondary N) is 1. The zero-order valence-corrected chi connectivity index (χ0v) is 17.2. The maximum atomic E-state index is 12.7. The molecule has 1 saturated heterocycles. The Morgan fingerprint density at radius 1 is 1.18 bits per heavy atom. The number of rotatable bonds is 7. The van der Waals surface area contributed by atoms with Crippen LogP contribution in [0.25, 0.3) is 0 Å². The summed E-state index contributed by atoms with van der Waals surface area (Å²) in [7, 11) is -3.66. The summed E-state index contributed by atoms with van der Waals surface area (Å²) >= 11 is 0. The molecule has 152 valence electrons. The number of hydrogen-bond donors (Lipinski definition) is 1. The lowest BCUT2D eigenvalue weighted by Gasteiger charge is -2.35. The number of anilines is 2. The lowest BCUT2D eigenvalue weighted by atomic mass is 10.2. The predicted molar refractivity (Wildman–Crippen MR) is 110 cm³/mol. The first-order chi connectivity index (χ1) is 13.4. The van der Waals surface area contributed by atoms with Crippen LogP contribution in [0, 0.1) is 6.92 Å². The van der Waals surface area contributed by atoms with Crippen LogP contribution in [0.2, 0.25) is 0 Å². The molecule has 0 radical (unpaired) electrons. The molecule has 0 spiro atoms. The molecule has 2 aromatic rings. The Balaban J connectivity index is 1.56. The monoisotopic (exact) mass is 405 g/mol. The first-order valence-corrected chi connectivity index (χ1v) is 11.1. The molecule has 0 bridgehead atoms. The molecule has 1 aromatic heterocycles. The van der Waals surface area contributed by atoms with Crippen LogP contribution in [0.1, 0.15) is 18.9 Å². The van der Waals surface area contributed by atoms with Crippen molar-refractivity contribution in [2.75, 3.05) is 42.1 Å². The number of carbonyl (C=O) groups excluding carboxylic acids is 1. The highest BCUT2D eigenvalue weighted by Gasteiger charge is 2.29. The molecule has 1 aromatic carbocycles. The van der Waals surface area contributed by atoms with Gasteiger partial charge in [-0.1, -0.05) is 19.1 Å². The van der Waals surface area contributed by atoms with Crippen LogP contribution in [0.3, 0.4) is 0 Å². The predicted octanol–water partition coefficient (Wildman–Crippen LogP) is 1.69. The van der Waals surface area contributed by atoms with E-state index in [0.717, 1.165) is 12.1 Å². The highest BCUT2D eigenvalue weighted by Crippen LogP contribution is 2.19. The summed E-state index contributed by atoms with van der Waals surface area (Å²) in [4.78, 5) is 14.4. The molecule has 3 rings (SSSR count). The van der Waals surface area contributed by atoms with Gasteiger partial charge in [0.05, 0.1) is 6.20 Å². The molecule has 1 amide bonds. The number of hydrogen-bond acceptors (Lipinski definition) is 5. The zero-order valence-electron chi connectivity index (χ0n) is 16.3. The first-order valence-electron chi connectivity index (χ1n) is 9.50. The van der Waals surface area contributed by atoms with Gasteiger partial charge in [0.1, 0.15) is 11.6 Å². The number of nitrogens with zero attached hydrogens (tertiary/aromatic N) is 4. The minimum Gasteiger partial charge on any atom is -0.369 e. The van der Waals surface area contributed by atoms with Gasteiger partial charge < -0.3 is 10.2 Å². The van der Waals surface area contributed by atoms with Crippen LogP contribution in [-0.4, -0.2) is 60.3 Å². The fourth-order valence-electron chi connectivity index (χ4n) is 3.31. The summed E-state index contributed by atoms with van der Waals surface area (Å²) in [6.07, 6.45) is 2.46. The summed E-state index contributed by atoms with van der Waals surface area (Å²) in [5.74, 6) is -0.584. The molecule has 2 heterocycles. The largest absolute Gasteiger partial charge is 0.369 e. The number of aryl methyl sites for hydroxylation is 2. The summed E-state index contributed by atoms with van der Waals surface area (Å²) in [6, 6.07) is 9.83. The minimum absolute atomic E-state index is 0.372. The Kier molecular flexibility index (Phi) is 6.35. The molecule has 8 nitrogen and oxygen atoms in total. The van der Waals surface area contributed by atoms with Crippen molar-refractivity contribution in [3.63, 3.8) is 0 Å².